The van der Waals surface area contributed by atoms with Crippen LogP contribution in [0.1, 0.15) is 226 Å². The molecule has 0 saturated carbocycles. The van der Waals surface area contributed by atoms with E-state index in [2.05, 4.69) is 106 Å². The zero-order valence-electron chi connectivity index (χ0n) is 45.6. The molecule has 416 valence electrons. The number of unbranched alkanes of at least 4 members (excludes halogenated alkanes) is 19. The molecule has 1 rings (SSSR count). The summed E-state index contributed by atoms with van der Waals surface area (Å²) in [6, 6.07) is 0. The fourth-order valence-corrected chi connectivity index (χ4v) is 8.07. The van der Waals surface area contributed by atoms with E-state index < -0.39 is 67.3 Å². The molecule has 0 aromatic rings. The quantitative estimate of drug-likeness (QED) is 0.0228. The number of carbonyl (C=O) groups is 4. The zero-order valence-corrected chi connectivity index (χ0v) is 45.6. The minimum atomic E-state index is -1.91. The summed E-state index contributed by atoms with van der Waals surface area (Å²) in [6.45, 7) is 5.77. The summed E-state index contributed by atoms with van der Waals surface area (Å²) in [5, 5.41) is 31.4. The molecule has 0 aliphatic carbocycles. The summed E-state index contributed by atoms with van der Waals surface area (Å²) in [4.78, 5) is 50.9. The summed E-state index contributed by atoms with van der Waals surface area (Å²) >= 11 is 0. The Labute approximate surface area is 441 Å². The van der Waals surface area contributed by atoms with E-state index in [9.17, 15) is 34.5 Å². The third-order valence-corrected chi connectivity index (χ3v) is 12.5. The van der Waals surface area contributed by atoms with Crippen LogP contribution in [0.4, 0.5) is 0 Å². The number of allylic oxidation sites excluding steroid dienone is 14. The van der Waals surface area contributed by atoms with Crippen molar-refractivity contribution in [2.24, 2.45) is 0 Å². The lowest BCUT2D eigenvalue weighted by Crippen LogP contribution is -2.61. The molecule has 0 aromatic carbocycles. The smallest absolute Gasteiger partial charge is 0.335 e. The maximum absolute atomic E-state index is 13.0. The maximum Gasteiger partial charge on any atom is 0.335 e. The number of aliphatic carboxylic acids is 1. The Balaban J connectivity index is 2.69. The van der Waals surface area contributed by atoms with Gasteiger partial charge < -0.3 is 39.0 Å². The molecule has 1 saturated heterocycles. The van der Waals surface area contributed by atoms with E-state index in [1.165, 1.54) is 57.8 Å². The van der Waals surface area contributed by atoms with Gasteiger partial charge in [-0.25, -0.2) is 4.79 Å². The molecule has 1 aliphatic heterocycles. The van der Waals surface area contributed by atoms with E-state index in [1.807, 2.05) is 0 Å². The SMILES string of the molecule is CC/C=C\C/C=C\C/C=C\C/C=C\CCCCC(=O)OCC(COC1OC(C(=O)O)C(O)C(O)C1OC(=O)CCCCCCCC/C=C\C/C=C\C/C=C\CCCCC)OC(=O)CCCCCCCCCCC. The van der Waals surface area contributed by atoms with Crippen LogP contribution in [0.2, 0.25) is 0 Å². The lowest BCUT2D eigenvalue weighted by molar-refractivity contribution is -0.301. The number of carboxylic acids is 1. The standard InChI is InChI=1S/C61H100O12/c1-4-7-10-13-16-19-21-23-25-26-27-28-30-32-34-37-40-43-46-49-55(64)72-59-57(66)56(65)58(60(67)68)73-61(59)70-51-52(71-54(63)48-45-42-39-35-18-15-12-9-6-3)50-69-53(62)47-44-41-38-36-33-31-29-24-22-20-17-14-11-8-5-2/h8,11,16-17,19-20,23-25,27-29,33,36,52,56-59,61,65-66H,4-7,9-10,12-15,18,21-22,26,30-32,34-35,37-51H2,1-3H3,(H,67,68)/b11-8-,19-16-,20-17-,25-23-,28-27-,29-24-,36-33-. The van der Waals surface area contributed by atoms with Crippen molar-refractivity contribution >= 4 is 23.9 Å². The van der Waals surface area contributed by atoms with Crippen LogP contribution in [0.15, 0.2) is 85.1 Å². The average molecular weight is 1030 g/mol. The molecule has 12 heteroatoms. The number of hydrogen-bond acceptors (Lipinski definition) is 11. The zero-order chi connectivity index (χ0) is 53.3. The second-order valence-electron chi connectivity index (χ2n) is 19.2. The molecule has 73 heavy (non-hydrogen) atoms. The van der Waals surface area contributed by atoms with Gasteiger partial charge in [-0.1, -0.05) is 196 Å². The molecular weight excluding hydrogens is 925 g/mol. The molecule has 0 spiro atoms. The van der Waals surface area contributed by atoms with Crippen LogP contribution in [-0.4, -0.2) is 89.2 Å². The topological polar surface area (TPSA) is 175 Å². The van der Waals surface area contributed by atoms with Gasteiger partial charge in [0.1, 0.15) is 18.8 Å². The van der Waals surface area contributed by atoms with Crippen LogP contribution in [0, 0.1) is 0 Å². The summed E-state index contributed by atoms with van der Waals surface area (Å²) in [5.74, 6) is -3.20. The van der Waals surface area contributed by atoms with Gasteiger partial charge >= 0.3 is 23.9 Å². The second kappa shape index (κ2) is 48.8. The van der Waals surface area contributed by atoms with Crippen molar-refractivity contribution in [1.29, 1.82) is 0 Å². The Kier molecular flexibility index (Phi) is 44.7. The molecule has 6 unspecified atom stereocenters. The molecule has 3 N–H and O–H groups in total. The van der Waals surface area contributed by atoms with Crippen molar-refractivity contribution in [1.82, 2.24) is 0 Å². The van der Waals surface area contributed by atoms with Crippen LogP contribution in [0.3, 0.4) is 0 Å². The highest BCUT2D eigenvalue weighted by molar-refractivity contribution is 5.74. The third-order valence-electron chi connectivity index (χ3n) is 12.5. The first kappa shape index (κ1) is 66.9. The minimum Gasteiger partial charge on any atom is -0.479 e. The molecule has 1 fully saturated rings. The van der Waals surface area contributed by atoms with E-state index in [-0.39, 0.29) is 25.9 Å². The van der Waals surface area contributed by atoms with Crippen molar-refractivity contribution < 1.29 is 58.2 Å². The lowest BCUT2D eigenvalue weighted by Gasteiger charge is -2.40. The number of carbonyl (C=O) groups excluding carboxylic acids is 3. The van der Waals surface area contributed by atoms with Crippen LogP contribution in [0.5, 0.6) is 0 Å². The van der Waals surface area contributed by atoms with Crippen molar-refractivity contribution in [2.75, 3.05) is 13.2 Å². The van der Waals surface area contributed by atoms with Crippen molar-refractivity contribution in [3.05, 3.63) is 85.1 Å². The van der Waals surface area contributed by atoms with Gasteiger partial charge in [0.2, 0.25) is 0 Å². The molecule has 1 aliphatic rings. The predicted molar refractivity (Wildman–Crippen MR) is 294 cm³/mol. The first-order chi connectivity index (χ1) is 35.6. The van der Waals surface area contributed by atoms with E-state index >= 15 is 0 Å². The normalized spacial score (nSPS) is 18.9. The van der Waals surface area contributed by atoms with Crippen LogP contribution in [-0.2, 0) is 42.9 Å². The molecule has 0 bridgehead atoms. The van der Waals surface area contributed by atoms with Gasteiger partial charge in [0, 0.05) is 19.3 Å². The molecule has 6 atom stereocenters. The van der Waals surface area contributed by atoms with Crippen molar-refractivity contribution in [2.45, 2.75) is 263 Å². The fourth-order valence-electron chi connectivity index (χ4n) is 8.07. The van der Waals surface area contributed by atoms with E-state index in [0.29, 0.717) is 19.3 Å². The van der Waals surface area contributed by atoms with E-state index in [1.54, 1.807) is 0 Å². The van der Waals surface area contributed by atoms with Crippen LogP contribution >= 0.6 is 0 Å². The summed E-state index contributed by atoms with van der Waals surface area (Å²) < 4.78 is 28.3. The Morgan fingerprint density at radius 3 is 1.37 bits per heavy atom. The average Bonchev–Trinajstić information content (AvgIpc) is 3.37. The first-order valence-electron chi connectivity index (χ1n) is 28.6. The number of carboxylic acid groups (broad SMARTS) is 1. The Morgan fingerprint density at radius 2 is 0.863 bits per heavy atom. The van der Waals surface area contributed by atoms with Gasteiger partial charge in [0.15, 0.2) is 24.6 Å². The number of esters is 3. The number of aliphatic hydroxyl groups is 2. The summed E-state index contributed by atoms with van der Waals surface area (Å²) in [7, 11) is 0. The lowest BCUT2D eigenvalue weighted by atomic mass is 9.98. The summed E-state index contributed by atoms with van der Waals surface area (Å²) in [6.07, 6.45) is 50.0. The van der Waals surface area contributed by atoms with Gasteiger partial charge in [-0.3, -0.25) is 14.4 Å². The highest BCUT2D eigenvalue weighted by Gasteiger charge is 2.50. The number of hydrogen-bond donors (Lipinski definition) is 3. The highest BCUT2D eigenvalue weighted by atomic mass is 16.7. The molecule has 1 heterocycles. The van der Waals surface area contributed by atoms with Crippen LogP contribution in [0.25, 0.3) is 0 Å². The van der Waals surface area contributed by atoms with Gasteiger partial charge in [-0.2, -0.15) is 0 Å². The molecular formula is C61H100O12. The van der Waals surface area contributed by atoms with Crippen LogP contribution < -0.4 is 0 Å². The maximum atomic E-state index is 13.0. The molecule has 0 amide bonds. The number of ether oxygens (including phenoxy) is 5. The van der Waals surface area contributed by atoms with Gasteiger partial charge in [-0.05, 0) is 96.3 Å². The molecule has 12 nitrogen and oxygen atoms in total. The largest absolute Gasteiger partial charge is 0.479 e. The molecule has 0 radical (unpaired) electrons. The monoisotopic (exact) mass is 1020 g/mol. The highest BCUT2D eigenvalue weighted by Crippen LogP contribution is 2.26. The second-order valence-corrected chi connectivity index (χ2v) is 19.2. The number of rotatable bonds is 47. The Bertz CT molecular complexity index is 1590. The van der Waals surface area contributed by atoms with Gasteiger partial charge in [0.25, 0.3) is 0 Å². The third kappa shape index (κ3) is 39.0. The van der Waals surface area contributed by atoms with Crippen molar-refractivity contribution in [3.8, 4) is 0 Å². The van der Waals surface area contributed by atoms with Gasteiger partial charge in [0.05, 0.1) is 6.61 Å². The van der Waals surface area contributed by atoms with E-state index in [4.69, 9.17) is 23.7 Å². The van der Waals surface area contributed by atoms with Crippen molar-refractivity contribution in [3.63, 3.8) is 0 Å². The van der Waals surface area contributed by atoms with Gasteiger partial charge in [-0.15, -0.1) is 0 Å². The predicted octanol–water partition coefficient (Wildman–Crippen LogP) is 14.3. The molecule has 0 aromatic heterocycles. The fraction of sp³-hybridized carbons (Fsp3) is 0.705. The van der Waals surface area contributed by atoms with E-state index in [0.717, 1.165) is 109 Å². The summed E-state index contributed by atoms with van der Waals surface area (Å²) in [5.41, 5.74) is 0. The Hall–Kier alpha value is -4.10. The Morgan fingerprint density at radius 1 is 0.466 bits per heavy atom. The first-order valence-corrected chi connectivity index (χ1v) is 28.6. The number of aliphatic hydroxyl groups excluding tert-OH is 2. The minimum absolute atomic E-state index is 0.0395.